The Kier molecular flexibility index (Phi) is 3.60. The summed E-state index contributed by atoms with van der Waals surface area (Å²) in [4.78, 5) is 19.5. The minimum absolute atomic E-state index is 0.0498. The average Bonchev–Trinajstić information content (AvgIpc) is 3.10. The SMILES string of the molecule is C[C@H]1O[C@@H]1C(=O)N1CC[C@H]2[C@@H]1C[C@]2(C)Oc1nc(-c2cnn(C)c2)cn2nccc12. The first-order chi connectivity index (χ1) is 14.4. The second kappa shape index (κ2) is 6.04. The van der Waals surface area contributed by atoms with E-state index in [-0.39, 0.29) is 29.8 Å². The van der Waals surface area contributed by atoms with Gasteiger partial charge >= 0.3 is 0 Å². The molecule has 1 aliphatic carbocycles. The molecule has 3 aromatic heterocycles. The summed E-state index contributed by atoms with van der Waals surface area (Å²) >= 11 is 0. The normalized spacial score (nSPS) is 32.2. The standard InChI is InChI=1S/C21H24N6O3/c1-12-18(29-12)20(28)26-7-5-14-17(26)8-21(14,2)30-19-16-4-6-22-27(16)11-15(24-19)13-9-23-25(3)10-13/h4,6,9-12,14,17-18H,5,7-8H2,1-3H3/t12-,14+,17+,18+,21+/m1/s1. The zero-order chi connectivity index (χ0) is 20.6. The van der Waals surface area contributed by atoms with Crippen molar-refractivity contribution in [2.45, 2.75) is 50.5 Å². The molecule has 2 saturated heterocycles. The molecule has 9 nitrogen and oxygen atoms in total. The van der Waals surface area contributed by atoms with Gasteiger partial charge in [0.05, 0.1) is 30.4 Å². The smallest absolute Gasteiger partial charge is 0.254 e. The summed E-state index contributed by atoms with van der Waals surface area (Å²) in [6, 6.07) is 2.13. The van der Waals surface area contributed by atoms with Crippen molar-refractivity contribution in [1.82, 2.24) is 29.3 Å². The van der Waals surface area contributed by atoms with Gasteiger partial charge in [-0.2, -0.15) is 10.2 Å². The van der Waals surface area contributed by atoms with Crippen LogP contribution in [0.1, 0.15) is 26.7 Å². The molecule has 5 atom stereocenters. The van der Waals surface area contributed by atoms with Crippen molar-refractivity contribution in [2.24, 2.45) is 13.0 Å². The van der Waals surface area contributed by atoms with E-state index >= 15 is 0 Å². The van der Waals surface area contributed by atoms with E-state index in [1.807, 2.05) is 37.3 Å². The number of likely N-dealkylation sites (tertiary alicyclic amines) is 1. The molecule has 3 fully saturated rings. The second-order valence-corrected chi connectivity index (χ2v) is 8.87. The molecule has 6 rings (SSSR count). The third-order valence-electron chi connectivity index (χ3n) is 6.87. The number of aryl methyl sites for hydroxylation is 1. The van der Waals surface area contributed by atoms with Gasteiger partial charge in [0, 0.05) is 43.7 Å². The van der Waals surface area contributed by atoms with E-state index in [2.05, 4.69) is 17.1 Å². The fourth-order valence-electron chi connectivity index (χ4n) is 5.11. The first kappa shape index (κ1) is 17.9. The number of carbonyl (C=O) groups excluding carboxylic acids is 1. The first-order valence-electron chi connectivity index (χ1n) is 10.4. The van der Waals surface area contributed by atoms with Crippen LogP contribution in [-0.4, -0.2) is 65.6 Å². The zero-order valence-corrected chi connectivity index (χ0v) is 17.2. The Labute approximate surface area is 173 Å². The molecule has 0 bridgehead atoms. The van der Waals surface area contributed by atoms with Gasteiger partial charge in [-0.3, -0.25) is 9.48 Å². The number of carbonyl (C=O) groups is 1. The van der Waals surface area contributed by atoms with Crippen molar-refractivity contribution in [3.63, 3.8) is 0 Å². The van der Waals surface area contributed by atoms with Gasteiger partial charge in [-0.15, -0.1) is 0 Å². The highest BCUT2D eigenvalue weighted by atomic mass is 16.6. The van der Waals surface area contributed by atoms with Gasteiger partial charge in [0.25, 0.3) is 5.91 Å². The van der Waals surface area contributed by atoms with Gasteiger partial charge in [-0.25, -0.2) is 9.50 Å². The van der Waals surface area contributed by atoms with E-state index in [9.17, 15) is 4.79 Å². The topological polar surface area (TPSA) is 90.1 Å². The third-order valence-corrected chi connectivity index (χ3v) is 6.87. The van der Waals surface area contributed by atoms with Crippen LogP contribution in [0.5, 0.6) is 5.88 Å². The summed E-state index contributed by atoms with van der Waals surface area (Å²) < 4.78 is 15.5. The van der Waals surface area contributed by atoms with E-state index in [1.54, 1.807) is 21.6 Å². The second-order valence-electron chi connectivity index (χ2n) is 8.87. The first-order valence-corrected chi connectivity index (χ1v) is 10.4. The zero-order valence-electron chi connectivity index (χ0n) is 17.2. The lowest BCUT2D eigenvalue weighted by Crippen LogP contribution is -2.61. The highest BCUT2D eigenvalue weighted by Crippen LogP contribution is 2.51. The number of ether oxygens (including phenoxy) is 2. The molecule has 1 amide bonds. The highest BCUT2D eigenvalue weighted by Gasteiger charge is 2.61. The van der Waals surface area contributed by atoms with E-state index < -0.39 is 0 Å². The molecule has 0 N–H and O–H groups in total. The predicted molar refractivity (Wildman–Crippen MR) is 107 cm³/mol. The van der Waals surface area contributed by atoms with Crippen molar-refractivity contribution in [2.75, 3.05) is 6.54 Å². The molecule has 1 saturated carbocycles. The molecule has 9 heteroatoms. The van der Waals surface area contributed by atoms with Gasteiger partial charge in [0.1, 0.15) is 11.1 Å². The van der Waals surface area contributed by atoms with Crippen LogP contribution in [0.2, 0.25) is 0 Å². The summed E-state index contributed by atoms with van der Waals surface area (Å²) in [6.07, 6.45) is 8.87. The molecular weight excluding hydrogens is 384 g/mol. The van der Waals surface area contributed by atoms with Crippen molar-refractivity contribution >= 4 is 11.4 Å². The minimum Gasteiger partial charge on any atom is -0.469 e. The van der Waals surface area contributed by atoms with Crippen molar-refractivity contribution in [3.05, 3.63) is 30.9 Å². The Bertz CT molecular complexity index is 1150. The Morgan fingerprint density at radius 3 is 2.90 bits per heavy atom. The van der Waals surface area contributed by atoms with Crippen molar-refractivity contribution in [3.8, 4) is 17.1 Å². The fraction of sp³-hybridized carbons (Fsp3) is 0.524. The minimum atomic E-state index is -0.360. The lowest BCUT2D eigenvalue weighted by Gasteiger charge is -2.51. The number of fused-ring (bicyclic) bond motifs is 2. The summed E-state index contributed by atoms with van der Waals surface area (Å²) in [7, 11) is 1.88. The number of epoxide rings is 1. The van der Waals surface area contributed by atoms with E-state index in [4.69, 9.17) is 14.5 Å². The van der Waals surface area contributed by atoms with Crippen LogP contribution < -0.4 is 4.74 Å². The molecule has 0 radical (unpaired) electrons. The van der Waals surface area contributed by atoms with Crippen LogP contribution in [0.15, 0.2) is 30.9 Å². The monoisotopic (exact) mass is 408 g/mol. The quantitative estimate of drug-likeness (QED) is 0.610. The fourth-order valence-corrected chi connectivity index (χ4v) is 5.11. The summed E-state index contributed by atoms with van der Waals surface area (Å²) in [5, 5.41) is 8.63. The Balaban J connectivity index is 1.27. The van der Waals surface area contributed by atoms with Gasteiger partial charge in [-0.05, 0) is 26.3 Å². The molecule has 2 aliphatic heterocycles. The predicted octanol–water partition coefficient (Wildman–Crippen LogP) is 1.68. The Hall–Kier alpha value is -2.94. The number of hydrogen-bond donors (Lipinski definition) is 0. The third kappa shape index (κ3) is 2.57. The lowest BCUT2D eigenvalue weighted by atomic mass is 9.66. The molecular formula is C21H24N6O3. The van der Waals surface area contributed by atoms with Crippen LogP contribution in [0.25, 0.3) is 16.8 Å². The summed E-state index contributed by atoms with van der Waals surface area (Å²) in [6.45, 7) is 4.84. The van der Waals surface area contributed by atoms with E-state index in [0.29, 0.717) is 11.8 Å². The van der Waals surface area contributed by atoms with Crippen LogP contribution >= 0.6 is 0 Å². The lowest BCUT2D eigenvalue weighted by molar-refractivity contribution is -0.143. The maximum atomic E-state index is 12.6. The van der Waals surface area contributed by atoms with Gasteiger partial charge < -0.3 is 14.4 Å². The van der Waals surface area contributed by atoms with Crippen LogP contribution in [-0.2, 0) is 16.6 Å². The number of aromatic nitrogens is 5. The molecule has 5 heterocycles. The van der Waals surface area contributed by atoms with Gasteiger partial charge in [0.2, 0.25) is 5.88 Å². The number of rotatable bonds is 4. The van der Waals surface area contributed by atoms with Crippen molar-refractivity contribution in [1.29, 1.82) is 0 Å². The van der Waals surface area contributed by atoms with Gasteiger partial charge in [-0.1, -0.05) is 0 Å². The van der Waals surface area contributed by atoms with E-state index in [0.717, 1.165) is 36.2 Å². The molecule has 3 aromatic rings. The average molecular weight is 408 g/mol. The number of amides is 1. The maximum absolute atomic E-state index is 12.6. The van der Waals surface area contributed by atoms with Crippen LogP contribution in [0.4, 0.5) is 0 Å². The van der Waals surface area contributed by atoms with E-state index in [1.165, 1.54) is 0 Å². The summed E-state index contributed by atoms with van der Waals surface area (Å²) in [5.74, 6) is 0.994. The highest BCUT2D eigenvalue weighted by molar-refractivity contribution is 5.84. The van der Waals surface area contributed by atoms with Crippen LogP contribution in [0.3, 0.4) is 0 Å². The molecule has 0 aromatic carbocycles. The molecule has 30 heavy (non-hydrogen) atoms. The molecule has 0 unspecified atom stereocenters. The van der Waals surface area contributed by atoms with Crippen LogP contribution in [0, 0.1) is 5.92 Å². The van der Waals surface area contributed by atoms with Gasteiger partial charge in [0.15, 0.2) is 6.10 Å². The maximum Gasteiger partial charge on any atom is 0.254 e. The molecule has 3 aliphatic rings. The number of hydrogen-bond acceptors (Lipinski definition) is 6. The summed E-state index contributed by atoms with van der Waals surface area (Å²) in [5.41, 5.74) is 2.14. The van der Waals surface area contributed by atoms with Crippen molar-refractivity contribution < 1.29 is 14.3 Å². The Morgan fingerprint density at radius 2 is 2.17 bits per heavy atom. The Morgan fingerprint density at radius 1 is 1.33 bits per heavy atom. The molecule has 0 spiro atoms. The largest absolute Gasteiger partial charge is 0.469 e. The number of nitrogens with zero attached hydrogens (tertiary/aromatic N) is 6. The molecule has 156 valence electrons.